The lowest BCUT2D eigenvalue weighted by atomic mass is 9.83. The monoisotopic (exact) mass is 405 g/mol. The molecule has 0 unspecified atom stereocenters. The van der Waals surface area contributed by atoms with Gasteiger partial charge in [-0.3, -0.25) is 14.5 Å². The van der Waals surface area contributed by atoms with Gasteiger partial charge in [0.2, 0.25) is 5.91 Å². The maximum Gasteiger partial charge on any atom is 0.325 e. The molecule has 0 radical (unpaired) electrons. The number of amides is 4. The highest BCUT2D eigenvalue weighted by Gasteiger charge is 2.53. The SMILES string of the molecule is C[C@H]1CCCN(C(=O)CN2C(=O)N[C@@](Cc3ccccc3)(c3ccccc3)C2=O)C1. The molecule has 6 nitrogen and oxygen atoms in total. The van der Waals surface area contributed by atoms with Gasteiger partial charge in [-0.05, 0) is 29.9 Å². The molecule has 0 aromatic heterocycles. The first-order valence-corrected chi connectivity index (χ1v) is 10.5. The minimum atomic E-state index is -1.21. The molecule has 2 fully saturated rings. The largest absolute Gasteiger partial charge is 0.341 e. The number of rotatable bonds is 5. The molecule has 2 heterocycles. The van der Waals surface area contributed by atoms with Crippen LogP contribution in [-0.2, 0) is 21.5 Å². The van der Waals surface area contributed by atoms with Crippen LogP contribution in [0.2, 0.25) is 0 Å². The Hall–Kier alpha value is -3.15. The third-order valence-electron chi connectivity index (χ3n) is 6.06. The van der Waals surface area contributed by atoms with E-state index >= 15 is 0 Å². The van der Waals surface area contributed by atoms with Gasteiger partial charge in [-0.15, -0.1) is 0 Å². The van der Waals surface area contributed by atoms with E-state index in [9.17, 15) is 14.4 Å². The van der Waals surface area contributed by atoms with E-state index in [4.69, 9.17) is 0 Å². The zero-order chi connectivity index (χ0) is 21.1. The van der Waals surface area contributed by atoms with Crippen LogP contribution in [0.5, 0.6) is 0 Å². The topological polar surface area (TPSA) is 69.7 Å². The third kappa shape index (κ3) is 3.82. The smallest absolute Gasteiger partial charge is 0.325 e. The van der Waals surface area contributed by atoms with Crippen LogP contribution in [-0.4, -0.2) is 47.3 Å². The summed E-state index contributed by atoms with van der Waals surface area (Å²) in [5, 5.41) is 2.92. The van der Waals surface area contributed by atoms with Gasteiger partial charge in [-0.25, -0.2) is 4.79 Å². The summed E-state index contributed by atoms with van der Waals surface area (Å²) in [6.45, 7) is 3.26. The number of carbonyl (C=O) groups excluding carboxylic acids is 3. The molecule has 2 aromatic carbocycles. The summed E-state index contributed by atoms with van der Waals surface area (Å²) in [5.74, 6) is -0.109. The number of urea groups is 1. The molecule has 4 amide bonds. The van der Waals surface area contributed by atoms with Gasteiger partial charge in [0, 0.05) is 19.5 Å². The van der Waals surface area contributed by atoms with Gasteiger partial charge in [0.05, 0.1) is 0 Å². The zero-order valence-corrected chi connectivity index (χ0v) is 17.2. The second kappa shape index (κ2) is 8.30. The van der Waals surface area contributed by atoms with Crippen LogP contribution in [0.15, 0.2) is 60.7 Å². The molecular formula is C24H27N3O3. The number of nitrogens with zero attached hydrogens (tertiary/aromatic N) is 2. The van der Waals surface area contributed by atoms with Crippen molar-refractivity contribution in [1.29, 1.82) is 0 Å². The molecule has 0 saturated carbocycles. The normalized spacial score (nSPS) is 24.1. The van der Waals surface area contributed by atoms with Crippen LogP contribution < -0.4 is 5.32 Å². The van der Waals surface area contributed by atoms with E-state index in [0.717, 1.165) is 23.3 Å². The van der Waals surface area contributed by atoms with Crippen molar-refractivity contribution in [2.75, 3.05) is 19.6 Å². The van der Waals surface area contributed by atoms with Gasteiger partial charge in [-0.1, -0.05) is 67.6 Å². The van der Waals surface area contributed by atoms with Crippen LogP contribution in [0.4, 0.5) is 4.79 Å². The Morgan fingerprint density at radius 2 is 1.73 bits per heavy atom. The molecule has 0 spiro atoms. The van der Waals surface area contributed by atoms with Crippen LogP contribution in [0.25, 0.3) is 0 Å². The van der Waals surface area contributed by atoms with Crippen molar-refractivity contribution in [1.82, 2.24) is 15.1 Å². The molecule has 2 atom stereocenters. The number of benzene rings is 2. The predicted molar refractivity (Wildman–Crippen MR) is 113 cm³/mol. The maximum absolute atomic E-state index is 13.6. The van der Waals surface area contributed by atoms with E-state index in [1.54, 1.807) is 4.90 Å². The molecule has 2 aliphatic rings. The van der Waals surface area contributed by atoms with Gasteiger partial charge in [0.15, 0.2) is 5.54 Å². The second-order valence-electron chi connectivity index (χ2n) is 8.34. The molecule has 2 saturated heterocycles. The minimum Gasteiger partial charge on any atom is -0.341 e. The van der Waals surface area contributed by atoms with Gasteiger partial charge >= 0.3 is 6.03 Å². The Morgan fingerprint density at radius 3 is 2.40 bits per heavy atom. The third-order valence-corrected chi connectivity index (χ3v) is 6.06. The Labute approximate surface area is 176 Å². The van der Waals surface area contributed by atoms with E-state index in [0.29, 0.717) is 31.0 Å². The number of nitrogens with one attached hydrogen (secondary N) is 1. The summed E-state index contributed by atoms with van der Waals surface area (Å²) in [6, 6.07) is 18.4. The fraction of sp³-hybridized carbons (Fsp3) is 0.375. The Morgan fingerprint density at radius 1 is 1.07 bits per heavy atom. The van der Waals surface area contributed by atoms with Crippen molar-refractivity contribution >= 4 is 17.8 Å². The highest BCUT2D eigenvalue weighted by molar-refractivity contribution is 6.09. The van der Waals surface area contributed by atoms with Crippen molar-refractivity contribution in [2.24, 2.45) is 5.92 Å². The number of carbonyl (C=O) groups is 3. The second-order valence-corrected chi connectivity index (χ2v) is 8.34. The number of likely N-dealkylation sites (tertiary alicyclic amines) is 1. The molecule has 1 N–H and O–H groups in total. The zero-order valence-electron chi connectivity index (χ0n) is 17.2. The molecular weight excluding hydrogens is 378 g/mol. The summed E-state index contributed by atoms with van der Waals surface area (Å²) >= 11 is 0. The summed E-state index contributed by atoms with van der Waals surface area (Å²) in [4.78, 5) is 42.2. The Kier molecular flexibility index (Phi) is 5.57. The summed E-state index contributed by atoms with van der Waals surface area (Å²) in [7, 11) is 0. The quantitative estimate of drug-likeness (QED) is 0.778. The van der Waals surface area contributed by atoms with Crippen molar-refractivity contribution in [3.8, 4) is 0 Å². The van der Waals surface area contributed by atoms with Crippen LogP contribution in [0.1, 0.15) is 30.9 Å². The maximum atomic E-state index is 13.6. The predicted octanol–water partition coefficient (Wildman–Crippen LogP) is 2.93. The molecule has 0 bridgehead atoms. The molecule has 0 aliphatic carbocycles. The first-order valence-electron chi connectivity index (χ1n) is 10.5. The van der Waals surface area contributed by atoms with E-state index in [-0.39, 0.29) is 18.4 Å². The van der Waals surface area contributed by atoms with Gasteiger partial charge in [-0.2, -0.15) is 0 Å². The highest BCUT2D eigenvalue weighted by Crippen LogP contribution is 2.33. The number of imide groups is 1. The molecule has 2 aliphatic heterocycles. The fourth-order valence-electron chi connectivity index (χ4n) is 4.46. The van der Waals surface area contributed by atoms with Crippen LogP contribution >= 0.6 is 0 Å². The van der Waals surface area contributed by atoms with E-state index in [1.807, 2.05) is 60.7 Å². The molecule has 2 aromatic rings. The highest BCUT2D eigenvalue weighted by atomic mass is 16.2. The van der Waals surface area contributed by atoms with E-state index < -0.39 is 11.6 Å². The average molecular weight is 405 g/mol. The van der Waals surface area contributed by atoms with Crippen molar-refractivity contribution in [3.63, 3.8) is 0 Å². The number of hydrogen-bond acceptors (Lipinski definition) is 3. The van der Waals surface area contributed by atoms with Crippen molar-refractivity contribution in [3.05, 3.63) is 71.8 Å². The van der Waals surface area contributed by atoms with Gasteiger partial charge < -0.3 is 10.2 Å². The standard InChI is InChI=1S/C24H27N3O3/c1-18-9-8-14-26(16-18)21(28)17-27-22(29)24(25-23(27)30,20-12-6-3-7-13-20)15-19-10-4-2-5-11-19/h2-7,10-13,18H,8-9,14-17H2,1H3,(H,25,30)/t18-,24-/m0/s1. The summed E-state index contributed by atoms with van der Waals surface area (Å²) < 4.78 is 0. The molecule has 4 rings (SSSR count). The summed E-state index contributed by atoms with van der Waals surface area (Å²) in [5.41, 5.74) is 0.441. The lowest BCUT2D eigenvalue weighted by Gasteiger charge is -2.32. The average Bonchev–Trinajstić information content (AvgIpc) is 3.00. The minimum absolute atomic E-state index is 0.173. The molecule has 156 valence electrons. The van der Waals surface area contributed by atoms with Gasteiger partial charge in [0.1, 0.15) is 6.54 Å². The number of hydrogen-bond donors (Lipinski definition) is 1. The van der Waals surface area contributed by atoms with Crippen LogP contribution in [0.3, 0.4) is 0 Å². The van der Waals surface area contributed by atoms with Crippen molar-refractivity contribution in [2.45, 2.75) is 31.7 Å². The van der Waals surface area contributed by atoms with Crippen molar-refractivity contribution < 1.29 is 14.4 Å². The van der Waals surface area contributed by atoms with E-state index in [1.165, 1.54) is 0 Å². The Bertz CT molecular complexity index is 931. The lowest BCUT2D eigenvalue weighted by molar-refractivity contribution is -0.140. The van der Waals surface area contributed by atoms with Gasteiger partial charge in [0.25, 0.3) is 5.91 Å². The first kappa shape index (κ1) is 20.1. The first-order chi connectivity index (χ1) is 14.5. The lowest BCUT2D eigenvalue weighted by Crippen LogP contribution is -2.48. The Balaban J connectivity index is 1.61. The number of piperidine rings is 1. The van der Waals surface area contributed by atoms with Crippen LogP contribution in [0, 0.1) is 5.92 Å². The fourth-order valence-corrected chi connectivity index (χ4v) is 4.46. The molecule has 6 heteroatoms. The molecule has 30 heavy (non-hydrogen) atoms. The van der Waals surface area contributed by atoms with E-state index in [2.05, 4.69) is 12.2 Å². The summed E-state index contributed by atoms with van der Waals surface area (Å²) in [6.07, 6.45) is 2.38.